The van der Waals surface area contributed by atoms with Crippen LogP contribution in [-0.2, 0) is 19.1 Å². The lowest BCUT2D eigenvalue weighted by Crippen LogP contribution is -2.54. The van der Waals surface area contributed by atoms with Crippen molar-refractivity contribution in [2.24, 2.45) is 10.8 Å². The lowest BCUT2D eigenvalue weighted by atomic mass is 9.58. The molecular weight excluding hydrogens is 316 g/mol. The summed E-state index contributed by atoms with van der Waals surface area (Å²) in [6.45, 7) is 22.7. The van der Waals surface area contributed by atoms with Crippen LogP contribution in [0.15, 0.2) is 24.3 Å². The number of carbonyl (C=O) groups is 2. The molecule has 2 atom stereocenters. The van der Waals surface area contributed by atoms with Crippen molar-refractivity contribution in [2.45, 2.75) is 86.9 Å². The molecule has 0 spiro atoms. The SMILES string of the molecule is C=C(C)C(=O)OC(C)C(CCCC)(C(C)OC(=O)C(=C)C)C(C)(C)C. The molecule has 0 saturated heterocycles. The van der Waals surface area contributed by atoms with Crippen molar-refractivity contribution in [3.63, 3.8) is 0 Å². The van der Waals surface area contributed by atoms with Crippen LogP contribution >= 0.6 is 0 Å². The molecule has 0 saturated carbocycles. The third-order valence-electron chi connectivity index (χ3n) is 5.06. The second-order valence-corrected chi connectivity index (χ2v) is 8.05. The largest absolute Gasteiger partial charge is 0.459 e. The second kappa shape index (κ2) is 9.21. The molecule has 0 rings (SSSR count). The standard InChI is InChI=1S/C21H36O4/c1-11-12-13-21(20(8,9)10,16(6)24-18(22)14(2)3)17(7)25-19(23)15(4)5/h16-17H,2,4,11-13H2,1,3,5-10H3. The van der Waals surface area contributed by atoms with Crippen LogP contribution in [0, 0.1) is 10.8 Å². The van der Waals surface area contributed by atoms with Crippen LogP contribution in [-0.4, -0.2) is 24.1 Å². The summed E-state index contributed by atoms with van der Waals surface area (Å²) in [5.74, 6) is -0.841. The van der Waals surface area contributed by atoms with E-state index in [0.29, 0.717) is 11.1 Å². The minimum atomic E-state index is -0.529. The first-order chi connectivity index (χ1) is 11.3. The molecule has 0 bridgehead atoms. The zero-order valence-electron chi connectivity index (χ0n) is 17.3. The highest BCUT2D eigenvalue weighted by molar-refractivity contribution is 5.87. The molecule has 0 amide bonds. The van der Waals surface area contributed by atoms with Crippen molar-refractivity contribution in [3.8, 4) is 0 Å². The Morgan fingerprint density at radius 1 is 0.920 bits per heavy atom. The van der Waals surface area contributed by atoms with Crippen LogP contribution in [0.5, 0.6) is 0 Å². The van der Waals surface area contributed by atoms with Gasteiger partial charge in [0.1, 0.15) is 12.2 Å². The summed E-state index contributed by atoms with van der Waals surface area (Å²) in [5, 5.41) is 0. The van der Waals surface area contributed by atoms with Gasteiger partial charge in [0.15, 0.2) is 0 Å². The first kappa shape index (κ1) is 23.4. The van der Waals surface area contributed by atoms with Crippen molar-refractivity contribution in [2.75, 3.05) is 0 Å². The van der Waals surface area contributed by atoms with Gasteiger partial charge in [-0.3, -0.25) is 0 Å². The van der Waals surface area contributed by atoms with Crippen LogP contribution in [0.25, 0.3) is 0 Å². The van der Waals surface area contributed by atoms with E-state index in [4.69, 9.17) is 9.47 Å². The quantitative estimate of drug-likeness (QED) is 0.421. The number of unbranched alkanes of at least 4 members (excludes halogenated alkanes) is 1. The molecule has 0 N–H and O–H groups in total. The Balaban J connectivity index is 5.95. The normalized spacial score (nSPS) is 16.3. The predicted molar refractivity (Wildman–Crippen MR) is 102 cm³/mol. The number of ether oxygens (including phenoxy) is 2. The molecule has 0 aromatic rings. The van der Waals surface area contributed by atoms with Gasteiger partial charge in [0.2, 0.25) is 0 Å². The van der Waals surface area contributed by atoms with Crippen LogP contribution in [0.2, 0.25) is 0 Å². The number of carbonyl (C=O) groups excluding carboxylic acids is 2. The van der Waals surface area contributed by atoms with Gasteiger partial charge in [0.25, 0.3) is 0 Å². The van der Waals surface area contributed by atoms with E-state index >= 15 is 0 Å². The van der Waals surface area contributed by atoms with Crippen molar-refractivity contribution < 1.29 is 19.1 Å². The average molecular weight is 353 g/mol. The second-order valence-electron chi connectivity index (χ2n) is 8.05. The Bertz CT molecular complexity index is 476. The van der Waals surface area contributed by atoms with E-state index in [0.717, 1.165) is 19.3 Å². The zero-order valence-corrected chi connectivity index (χ0v) is 17.3. The number of esters is 2. The van der Waals surface area contributed by atoms with Crippen molar-refractivity contribution in [3.05, 3.63) is 24.3 Å². The summed E-state index contributed by atoms with van der Waals surface area (Å²) >= 11 is 0. The van der Waals surface area contributed by atoms with Crippen LogP contribution in [0.3, 0.4) is 0 Å². The Labute approximate surface area is 153 Å². The van der Waals surface area contributed by atoms with E-state index in [1.165, 1.54) is 0 Å². The van der Waals surface area contributed by atoms with Gasteiger partial charge in [-0.1, -0.05) is 53.7 Å². The maximum atomic E-state index is 12.1. The van der Waals surface area contributed by atoms with E-state index in [2.05, 4.69) is 40.9 Å². The summed E-state index contributed by atoms with van der Waals surface area (Å²) in [6, 6.07) is 0. The molecule has 0 aliphatic carbocycles. The summed E-state index contributed by atoms with van der Waals surface area (Å²) in [5.41, 5.74) is -0.0706. The molecule has 0 aliphatic rings. The predicted octanol–water partition coefficient (Wildman–Crippen LogP) is 5.22. The Kier molecular flexibility index (Phi) is 8.63. The van der Waals surface area contributed by atoms with Gasteiger partial charge in [0, 0.05) is 16.6 Å². The van der Waals surface area contributed by atoms with Crippen LogP contribution in [0.4, 0.5) is 0 Å². The first-order valence-electron chi connectivity index (χ1n) is 9.04. The fourth-order valence-corrected chi connectivity index (χ4v) is 3.53. The Morgan fingerprint density at radius 3 is 1.52 bits per heavy atom. The van der Waals surface area contributed by atoms with Gasteiger partial charge >= 0.3 is 11.9 Å². The van der Waals surface area contributed by atoms with E-state index in [-0.39, 0.29) is 5.41 Å². The fourth-order valence-electron chi connectivity index (χ4n) is 3.53. The van der Waals surface area contributed by atoms with E-state index in [1.54, 1.807) is 13.8 Å². The van der Waals surface area contributed by atoms with E-state index in [9.17, 15) is 9.59 Å². The van der Waals surface area contributed by atoms with Gasteiger partial charge in [-0.2, -0.15) is 0 Å². The fraction of sp³-hybridized carbons (Fsp3) is 0.714. The van der Waals surface area contributed by atoms with Gasteiger partial charge in [0.05, 0.1) is 0 Å². The third kappa shape index (κ3) is 5.72. The molecular formula is C21H36O4. The van der Waals surface area contributed by atoms with Crippen LogP contribution in [0.1, 0.15) is 74.7 Å². The van der Waals surface area contributed by atoms with Gasteiger partial charge < -0.3 is 9.47 Å². The van der Waals surface area contributed by atoms with E-state index in [1.807, 2.05) is 13.8 Å². The maximum absolute atomic E-state index is 12.1. The van der Waals surface area contributed by atoms with Crippen molar-refractivity contribution in [1.82, 2.24) is 0 Å². The summed E-state index contributed by atoms with van der Waals surface area (Å²) in [7, 11) is 0. The highest BCUT2D eigenvalue weighted by Crippen LogP contribution is 2.50. The third-order valence-corrected chi connectivity index (χ3v) is 5.06. The number of hydrogen-bond donors (Lipinski definition) is 0. The minimum absolute atomic E-state index is 0.258. The Hall–Kier alpha value is -1.58. The van der Waals surface area contributed by atoms with Crippen molar-refractivity contribution >= 4 is 11.9 Å². The monoisotopic (exact) mass is 352 g/mol. The summed E-state index contributed by atoms with van der Waals surface area (Å²) in [4.78, 5) is 24.2. The number of hydrogen-bond acceptors (Lipinski definition) is 4. The molecule has 4 heteroatoms. The van der Waals surface area contributed by atoms with E-state index < -0.39 is 29.6 Å². The average Bonchev–Trinajstić information content (AvgIpc) is 2.45. The van der Waals surface area contributed by atoms with Gasteiger partial charge in [-0.25, -0.2) is 9.59 Å². The smallest absolute Gasteiger partial charge is 0.333 e. The first-order valence-corrected chi connectivity index (χ1v) is 9.04. The summed E-state index contributed by atoms with van der Waals surface area (Å²) < 4.78 is 11.4. The molecule has 0 fully saturated rings. The lowest BCUT2D eigenvalue weighted by Gasteiger charge is -2.51. The van der Waals surface area contributed by atoms with Gasteiger partial charge in [-0.15, -0.1) is 0 Å². The summed E-state index contributed by atoms with van der Waals surface area (Å²) in [6.07, 6.45) is 1.86. The molecule has 0 radical (unpaired) electrons. The highest BCUT2D eigenvalue weighted by Gasteiger charge is 2.53. The molecule has 0 aliphatic heterocycles. The molecule has 0 aromatic carbocycles. The molecule has 2 unspecified atom stereocenters. The van der Waals surface area contributed by atoms with Crippen molar-refractivity contribution in [1.29, 1.82) is 0 Å². The highest BCUT2D eigenvalue weighted by atomic mass is 16.6. The number of rotatable bonds is 9. The maximum Gasteiger partial charge on any atom is 0.333 e. The zero-order chi connectivity index (χ0) is 20.0. The molecule has 0 heterocycles. The Morgan fingerprint density at radius 2 is 1.28 bits per heavy atom. The minimum Gasteiger partial charge on any atom is -0.459 e. The molecule has 0 aromatic heterocycles. The van der Waals surface area contributed by atoms with Gasteiger partial charge in [-0.05, 0) is 39.5 Å². The molecule has 25 heavy (non-hydrogen) atoms. The lowest BCUT2D eigenvalue weighted by molar-refractivity contribution is -0.185. The topological polar surface area (TPSA) is 52.6 Å². The molecule has 144 valence electrons. The van der Waals surface area contributed by atoms with Crippen LogP contribution < -0.4 is 0 Å². The molecule has 4 nitrogen and oxygen atoms in total.